The molecule has 3 aromatic rings. The van der Waals surface area contributed by atoms with Crippen LogP contribution in [0.4, 0.5) is 11.4 Å². The van der Waals surface area contributed by atoms with Gasteiger partial charge >= 0.3 is 0 Å². The third kappa shape index (κ3) is 3.62. The van der Waals surface area contributed by atoms with Gasteiger partial charge in [0.2, 0.25) is 11.8 Å². The van der Waals surface area contributed by atoms with Gasteiger partial charge in [0.1, 0.15) is 24.0 Å². The fourth-order valence-corrected chi connectivity index (χ4v) is 5.09. The SMILES string of the molecule is CC12CCC(=O)N1c1ccccc1C(=O)N2CCCC(=O)Nc1cccc(Cl)c1-n1cncn1. The van der Waals surface area contributed by atoms with Crippen LogP contribution in [0.15, 0.2) is 55.1 Å². The molecule has 1 saturated heterocycles. The summed E-state index contributed by atoms with van der Waals surface area (Å²) in [6.07, 6.45) is 4.47. The lowest BCUT2D eigenvalue weighted by Gasteiger charge is -2.48. The number of fused-ring (bicyclic) bond motifs is 3. The van der Waals surface area contributed by atoms with Gasteiger partial charge in [-0.1, -0.05) is 29.8 Å². The molecular weight excluding hydrogens is 456 g/mol. The highest BCUT2D eigenvalue weighted by atomic mass is 35.5. The van der Waals surface area contributed by atoms with E-state index in [0.717, 1.165) is 0 Å². The Balaban J connectivity index is 1.30. The molecule has 1 atom stereocenters. The quantitative estimate of drug-likeness (QED) is 0.583. The van der Waals surface area contributed by atoms with Gasteiger partial charge in [0.05, 0.1) is 22.0 Å². The molecule has 34 heavy (non-hydrogen) atoms. The van der Waals surface area contributed by atoms with E-state index in [1.54, 1.807) is 40.1 Å². The van der Waals surface area contributed by atoms with Gasteiger partial charge in [0, 0.05) is 19.4 Å². The average molecular weight is 479 g/mol. The first-order chi connectivity index (χ1) is 16.4. The maximum absolute atomic E-state index is 13.3. The van der Waals surface area contributed by atoms with Gasteiger partial charge in [-0.05, 0) is 44.0 Å². The number of hydrogen-bond acceptors (Lipinski definition) is 5. The van der Waals surface area contributed by atoms with Gasteiger partial charge in [-0.15, -0.1) is 0 Å². The van der Waals surface area contributed by atoms with E-state index in [2.05, 4.69) is 15.4 Å². The number of rotatable bonds is 6. The van der Waals surface area contributed by atoms with Crippen LogP contribution in [0, 0.1) is 0 Å². The monoisotopic (exact) mass is 478 g/mol. The number of benzene rings is 2. The summed E-state index contributed by atoms with van der Waals surface area (Å²) in [7, 11) is 0. The standard InChI is InChI=1S/C24H23ClN6O3/c1-24-12-11-21(33)31(24)19-9-3-2-6-16(19)23(34)29(24)13-5-10-20(32)28-18-8-4-7-17(25)22(18)30-15-26-14-27-30/h2-4,6-9,14-15H,5,10-13H2,1H3,(H,28,32). The summed E-state index contributed by atoms with van der Waals surface area (Å²) >= 11 is 6.33. The lowest BCUT2D eigenvalue weighted by Crippen LogP contribution is -2.62. The Kier molecular flexibility index (Phi) is 5.57. The number of nitrogens with one attached hydrogen (secondary N) is 1. The van der Waals surface area contributed by atoms with E-state index in [1.807, 2.05) is 19.1 Å². The van der Waals surface area contributed by atoms with Crippen molar-refractivity contribution in [3.63, 3.8) is 0 Å². The second-order valence-electron chi connectivity index (χ2n) is 8.55. The molecule has 0 saturated carbocycles. The molecule has 0 bridgehead atoms. The van der Waals surface area contributed by atoms with Crippen LogP contribution in [0.1, 0.15) is 43.0 Å². The highest BCUT2D eigenvalue weighted by molar-refractivity contribution is 6.33. The molecule has 174 valence electrons. The molecule has 0 radical (unpaired) electrons. The third-order valence-electron chi connectivity index (χ3n) is 6.44. The van der Waals surface area contributed by atoms with Crippen LogP contribution >= 0.6 is 11.6 Å². The Bertz CT molecular complexity index is 1280. The molecule has 1 N–H and O–H groups in total. The fraction of sp³-hybridized carbons (Fsp3) is 0.292. The van der Waals surface area contributed by atoms with Gasteiger partial charge in [0.25, 0.3) is 5.91 Å². The van der Waals surface area contributed by atoms with Crippen molar-refractivity contribution in [1.29, 1.82) is 0 Å². The van der Waals surface area contributed by atoms with Gasteiger partial charge in [-0.2, -0.15) is 5.10 Å². The van der Waals surface area contributed by atoms with Gasteiger partial charge in [0.15, 0.2) is 0 Å². The first-order valence-corrected chi connectivity index (χ1v) is 11.5. The van der Waals surface area contributed by atoms with Crippen molar-refractivity contribution in [1.82, 2.24) is 19.7 Å². The number of carbonyl (C=O) groups is 3. The van der Waals surface area contributed by atoms with Gasteiger partial charge in [-0.3, -0.25) is 19.3 Å². The molecule has 1 fully saturated rings. The molecule has 0 spiro atoms. The normalized spacial score (nSPS) is 19.2. The summed E-state index contributed by atoms with van der Waals surface area (Å²) in [5, 5.41) is 7.42. The van der Waals surface area contributed by atoms with Crippen LogP contribution in [-0.2, 0) is 9.59 Å². The Hall–Kier alpha value is -3.72. The van der Waals surface area contributed by atoms with E-state index >= 15 is 0 Å². The fourth-order valence-electron chi connectivity index (χ4n) is 4.82. The Morgan fingerprint density at radius 3 is 2.79 bits per heavy atom. The van der Waals surface area contributed by atoms with Gasteiger partial charge < -0.3 is 10.2 Å². The number of hydrogen-bond donors (Lipinski definition) is 1. The molecule has 2 aliphatic rings. The molecule has 2 aliphatic heterocycles. The summed E-state index contributed by atoms with van der Waals surface area (Å²) in [6, 6.07) is 12.4. The zero-order valence-corrected chi connectivity index (χ0v) is 19.3. The molecule has 5 rings (SSSR count). The lowest BCUT2D eigenvalue weighted by molar-refractivity contribution is -0.118. The smallest absolute Gasteiger partial charge is 0.257 e. The minimum Gasteiger partial charge on any atom is -0.324 e. The van der Waals surface area contributed by atoms with Crippen molar-refractivity contribution in [2.75, 3.05) is 16.8 Å². The number of amides is 3. The van der Waals surface area contributed by atoms with E-state index in [-0.39, 0.29) is 24.1 Å². The van der Waals surface area contributed by atoms with Crippen LogP contribution in [-0.4, -0.2) is 49.6 Å². The number of aromatic nitrogens is 3. The molecule has 10 heteroatoms. The topological polar surface area (TPSA) is 100 Å². The molecule has 3 heterocycles. The molecule has 0 aliphatic carbocycles. The Labute approximate surface area is 201 Å². The minimum absolute atomic E-state index is 0.00629. The highest BCUT2D eigenvalue weighted by Crippen LogP contribution is 2.44. The maximum Gasteiger partial charge on any atom is 0.257 e. The number of para-hydroxylation sites is 2. The third-order valence-corrected chi connectivity index (χ3v) is 6.74. The number of halogens is 1. The minimum atomic E-state index is -0.730. The Morgan fingerprint density at radius 1 is 1.18 bits per heavy atom. The van der Waals surface area contributed by atoms with Crippen LogP contribution in [0.2, 0.25) is 5.02 Å². The number of nitrogens with zero attached hydrogens (tertiary/aromatic N) is 5. The molecule has 9 nitrogen and oxygen atoms in total. The Morgan fingerprint density at radius 2 is 2.00 bits per heavy atom. The average Bonchev–Trinajstić information content (AvgIpc) is 3.45. The van der Waals surface area contributed by atoms with Crippen molar-refractivity contribution >= 4 is 40.7 Å². The van der Waals surface area contributed by atoms with Crippen molar-refractivity contribution < 1.29 is 14.4 Å². The molecule has 2 aromatic carbocycles. The maximum atomic E-state index is 13.3. The number of carbonyl (C=O) groups excluding carboxylic acids is 3. The van der Waals surface area contributed by atoms with E-state index < -0.39 is 5.66 Å². The molecular formula is C24H23ClN6O3. The van der Waals surface area contributed by atoms with Crippen molar-refractivity contribution in [2.45, 2.75) is 38.3 Å². The number of anilines is 2. The van der Waals surface area contributed by atoms with E-state index in [4.69, 9.17) is 11.6 Å². The first kappa shape index (κ1) is 22.1. The summed E-state index contributed by atoms with van der Waals surface area (Å²) in [6.45, 7) is 2.27. The molecule has 1 aromatic heterocycles. The van der Waals surface area contributed by atoms with Crippen molar-refractivity contribution in [3.8, 4) is 5.69 Å². The predicted octanol–water partition coefficient (Wildman–Crippen LogP) is 3.64. The highest BCUT2D eigenvalue weighted by Gasteiger charge is 2.52. The predicted molar refractivity (Wildman–Crippen MR) is 127 cm³/mol. The summed E-state index contributed by atoms with van der Waals surface area (Å²) in [4.78, 5) is 46.1. The second kappa shape index (κ2) is 8.57. The van der Waals surface area contributed by atoms with Crippen LogP contribution in [0.3, 0.4) is 0 Å². The zero-order valence-electron chi connectivity index (χ0n) is 18.6. The lowest BCUT2D eigenvalue weighted by atomic mass is 9.98. The molecule has 3 amide bonds. The van der Waals surface area contributed by atoms with E-state index in [9.17, 15) is 14.4 Å². The van der Waals surface area contributed by atoms with Crippen LogP contribution < -0.4 is 10.2 Å². The molecule has 1 unspecified atom stereocenters. The second-order valence-corrected chi connectivity index (χ2v) is 8.96. The largest absolute Gasteiger partial charge is 0.324 e. The van der Waals surface area contributed by atoms with Crippen LogP contribution in [0.5, 0.6) is 0 Å². The van der Waals surface area contributed by atoms with Crippen LogP contribution in [0.25, 0.3) is 5.69 Å². The first-order valence-electron chi connectivity index (χ1n) is 11.1. The summed E-state index contributed by atoms with van der Waals surface area (Å²) in [5.74, 6) is -0.322. The van der Waals surface area contributed by atoms with E-state index in [0.29, 0.717) is 53.5 Å². The van der Waals surface area contributed by atoms with Gasteiger partial charge in [-0.25, -0.2) is 9.67 Å². The summed E-state index contributed by atoms with van der Waals surface area (Å²) in [5.41, 5.74) is 1.49. The van der Waals surface area contributed by atoms with Crippen molar-refractivity contribution in [3.05, 3.63) is 65.7 Å². The summed E-state index contributed by atoms with van der Waals surface area (Å²) < 4.78 is 1.49. The zero-order chi connectivity index (χ0) is 23.9. The van der Waals surface area contributed by atoms with E-state index in [1.165, 1.54) is 17.3 Å². The van der Waals surface area contributed by atoms with Crippen molar-refractivity contribution in [2.24, 2.45) is 0 Å².